The molecule has 0 bridgehead atoms. The van der Waals surface area contributed by atoms with Crippen molar-refractivity contribution in [3.63, 3.8) is 0 Å². The van der Waals surface area contributed by atoms with Crippen molar-refractivity contribution in [3.05, 3.63) is 69.3 Å². The van der Waals surface area contributed by atoms with Crippen LogP contribution in [0.5, 0.6) is 5.75 Å². The summed E-state index contributed by atoms with van der Waals surface area (Å²) in [7, 11) is 1.71. The molecule has 2 aromatic carbocycles. The third-order valence-corrected chi connectivity index (χ3v) is 4.91. The van der Waals surface area contributed by atoms with Crippen molar-refractivity contribution in [2.24, 2.45) is 7.05 Å². The van der Waals surface area contributed by atoms with Gasteiger partial charge < -0.3 is 4.74 Å². The third kappa shape index (κ3) is 2.37. The van der Waals surface area contributed by atoms with Gasteiger partial charge in [0.2, 0.25) is 5.78 Å². The van der Waals surface area contributed by atoms with E-state index in [4.69, 9.17) is 4.74 Å². The summed E-state index contributed by atoms with van der Waals surface area (Å²) in [5.41, 5.74) is 4.09. The van der Waals surface area contributed by atoms with Crippen LogP contribution in [-0.4, -0.2) is 19.2 Å². The summed E-state index contributed by atoms with van der Waals surface area (Å²) in [5.74, 6) is 2.04. The predicted molar refractivity (Wildman–Crippen MR) is 101 cm³/mol. The molecule has 2 heterocycles. The van der Waals surface area contributed by atoms with Crippen LogP contribution in [0.1, 0.15) is 22.5 Å². The predicted octanol–water partition coefficient (Wildman–Crippen LogP) is 3.09. The van der Waals surface area contributed by atoms with E-state index >= 15 is 0 Å². The van der Waals surface area contributed by atoms with Gasteiger partial charge in [-0.2, -0.15) is 0 Å². The Hall–Kier alpha value is -3.15. The van der Waals surface area contributed by atoms with E-state index in [2.05, 4.69) is 36.2 Å². The van der Waals surface area contributed by atoms with E-state index < -0.39 is 0 Å². The Labute approximate surface area is 150 Å². The van der Waals surface area contributed by atoms with E-state index in [1.165, 1.54) is 10.1 Å². The van der Waals surface area contributed by atoms with Gasteiger partial charge in [-0.1, -0.05) is 24.3 Å². The van der Waals surface area contributed by atoms with Crippen molar-refractivity contribution in [2.45, 2.75) is 27.4 Å². The molecule has 0 aliphatic carbocycles. The highest BCUT2D eigenvalue weighted by Crippen LogP contribution is 2.26. The molecule has 0 amide bonds. The molecule has 6 nitrogen and oxygen atoms in total. The zero-order valence-electron chi connectivity index (χ0n) is 15.3. The average Bonchev–Trinajstić information content (AvgIpc) is 3.07. The fraction of sp³-hybridized carbons (Fsp3) is 0.250. The monoisotopic (exact) mass is 348 g/mol. The summed E-state index contributed by atoms with van der Waals surface area (Å²) in [6.07, 6.45) is 0. The van der Waals surface area contributed by atoms with Crippen molar-refractivity contribution in [1.82, 2.24) is 19.2 Å². The lowest BCUT2D eigenvalue weighted by atomic mass is 10.1. The minimum atomic E-state index is -0.0849. The zero-order chi connectivity index (χ0) is 18.4. The van der Waals surface area contributed by atoms with Gasteiger partial charge in [0, 0.05) is 7.05 Å². The molecule has 4 aromatic rings. The first-order valence-corrected chi connectivity index (χ1v) is 8.50. The molecule has 0 unspecified atom stereocenters. The Morgan fingerprint density at radius 3 is 2.54 bits per heavy atom. The molecule has 0 N–H and O–H groups in total. The first kappa shape index (κ1) is 16.3. The lowest BCUT2D eigenvalue weighted by molar-refractivity contribution is 0.290. The maximum absolute atomic E-state index is 12.5. The average molecular weight is 348 g/mol. The minimum Gasteiger partial charge on any atom is -0.485 e. The summed E-state index contributed by atoms with van der Waals surface area (Å²) >= 11 is 0. The molecule has 0 radical (unpaired) electrons. The molecule has 4 rings (SSSR count). The van der Waals surface area contributed by atoms with E-state index in [1.807, 2.05) is 35.6 Å². The van der Waals surface area contributed by atoms with Gasteiger partial charge in [-0.15, -0.1) is 10.2 Å². The Bertz CT molecular complexity index is 1200. The van der Waals surface area contributed by atoms with Gasteiger partial charge in [0.15, 0.2) is 5.82 Å². The number of hydrogen-bond donors (Lipinski definition) is 0. The zero-order valence-corrected chi connectivity index (χ0v) is 15.3. The van der Waals surface area contributed by atoms with Gasteiger partial charge in [0.1, 0.15) is 12.4 Å². The number of ether oxygens (including phenoxy) is 1. The molecule has 6 heteroatoms. The molecule has 0 aliphatic rings. The normalized spacial score (nSPS) is 11.4. The topological polar surface area (TPSA) is 61.4 Å². The van der Waals surface area contributed by atoms with Crippen LogP contribution < -0.4 is 10.3 Å². The van der Waals surface area contributed by atoms with Gasteiger partial charge in [0.05, 0.1) is 10.9 Å². The number of rotatable bonds is 3. The van der Waals surface area contributed by atoms with Crippen molar-refractivity contribution in [2.75, 3.05) is 0 Å². The van der Waals surface area contributed by atoms with E-state index in [0.717, 1.165) is 22.4 Å². The lowest BCUT2D eigenvalue weighted by Gasteiger charge is -2.14. The molecule has 26 heavy (non-hydrogen) atoms. The highest BCUT2D eigenvalue weighted by Gasteiger charge is 2.15. The van der Waals surface area contributed by atoms with Crippen LogP contribution in [0.2, 0.25) is 0 Å². The van der Waals surface area contributed by atoms with Gasteiger partial charge in [0.25, 0.3) is 5.56 Å². The Kier molecular flexibility index (Phi) is 3.76. The molecule has 0 spiro atoms. The second-order valence-electron chi connectivity index (χ2n) is 6.58. The fourth-order valence-corrected chi connectivity index (χ4v) is 3.27. The van der Waals surface area contributed by atoms with Crippen LogP contribution in [0.3, 0.4) is 0 Å². The number of aromatic nitrogens is 4. The number of aryl methyl sites for hydroxylation is 3. The maximum atomic E-state index is 12.5. The van der Waals surface area contributed by atoms with E-state index in [1.54, 1.807) is 7.05 Å². The number of para-hydroxylation sites is 1. The Morgan fingerprint density at radius 2 is 1.73 bits per heavy atom. The number of fused-ring (bicyclic) bond motifs is 3. The van der Waals surface area contributed by atoms with Crippen LogP contribution in [0.25, 0.3) is 16.7 Å². The van der Waals surface area contributed by atoms with Gasteiger partial charge in [-0.05, 0) is 49.6 Å². The molecule has 132 valence electrons. The second kappa shape index (κ2) is 5.98. The Balaban J connectivity index is 1.84. The first-order chi connectivity index (χ1) is 12.5. The summed E-state index contributed by atoms with van der Waals surface area (Å²) < 4.78 is 9.51. The number of benzene rings is 2. The highest BCUT2D eigenvalue weighted by atomic mass is 16.5. The van der Waals surface area contributed by atoms with Crippen LogP contribution in [0.15, 0.2) is 41.2 Å². The summed E-state index contributed by atoms with van der Waals surface area (Å²) in [4.78, 5) is 12.5. The molecule has 0 saturated heterocycles. The molecule has 2 aromatic heterocycles. The van der Waals surface area contributed by atoms with Crippen LogP contribution in [-0.2, 0) is 13.7 Å². The fourth-order valence-electron chi connectivity index (χ4n) is 3.27. The maximum Gasteiger partial charge on any atom is 0.262 e. The van der Waals surface area contributed by atoms with Crippen molar-refractivity contribution >= 4 is 16.7 Å². The van der Waals surface area contributed by atoms with E-state index in [0.29, 0.717) is 17.0 Å². The van der Waals surface area contributed by atoms with Crippen molar-refractivity contribution in [1.29, 1.82) is 0 Å². The molecule has 0 aliphatic heterocycles. The summed E-state index contributed by atoms with van der Waals surface area (Å²) in [6.45, 7) is 6.42. The molecular formula is C20H20N4O2. The molecule has 0 atom stereocenters. The second-order valence-corrected chi connectivity index (χ2v) is 6.58. The third-order valence-electron chi connectivity index (χ3n) is 4.91. The van der Waals surface area contributed by atoms with Crippen LogP contribution in [0, 0.1) is 20.8 Å². The standard InChI is InChI=1S/C20H20N4O2/c1-12-9-10-13(2)18(14(12)3)26-11-17-21-22-20-23(4)19(25)15-7-5-6-8-16(15)24(17)20/h5-10H,11H2,1-4H3. The van der Waals surface area contributed by atoms with Crippen molar-refractivity contribution < 1.29 is 4.74 Å². The first-order valence-electron chi connectivity index (χ1n) is 8.50. The summed E-state index contributed by atoms with van der Waals surface area (Å²) in [5, 5.41) is 9.10. The minimum absolute atomic E-state index is 0.0849. The molecular weight excluding hydrogens is 328 g/mol. The van der Waals surface area contributed by atoms with E-state index in [-0.39, 0.29) is 12.2 Å². The molecule has 0 fully saturated rings. The Morgan fingerprint density at radius 1 is 1.00 bits per heavy atom. The highest BCUT2D eigenvalue weighted by molar-refractivity contribution is 5.80. The smallest absolute Gasteiger partial charge is 0.262 e. The SMILES string of the molecule is Cc1ccc(C)c(OCc2nnc3n(C)c(=O)c4ccccc4n23)c1C. The van der Waals surface area contributed by atoms with E-state index in [9.17, 15) is 4.79 Å². The molecule has 0 saturated carbocycles. The van der Waals surface area contributed by atoms with Gasteiger partial charge in [-0.25, -0.2) is 0 Å². The van der Waals surface area contributed by atoms with Crippen molar-refractivity contribution in [3.8, 4) is 5.75 Å². The van der Waals surface area contributed by atoms with Gasteiger partial charge >= 0.3 is 0 Å². The van der Waals surface area contributed by atoms with Crippen LogP contribution >= 0.6 is 0 Å². The number of nitrogens with zero attached hydrogens (tertiary/aromatic N) is 4. The lowest BCUT2D eigenvalue weighted by Crippen LogP contribution is -2.20. The van der Waals surface area contributed by atoms with Crippen LogP contribution in [0.4, 0.5) is 0 Å². The summed E-state index contributed by atoms with van der Waals surface area (Å²) in [6, 6.07) is 11.6. The largest absolute Gasteiger partial charge is 0.485 e. The van der Waals surface area contributed by atoms with Gasteiger partial charge in [-0.3, -0.25) is 13.8 Å². The number of hydrogen-bond acceptors (Lipinski definition) is 4. The quantitative estimate of drug-likeness (QED) is 0.571.